The summed E-state index contributed by atoms with van der Waals surface area (Å²) in [5.41, 5.74) is 0.901. The second-order valence-corrected chi connectivity index (χ2v) is 8.14. The molecule has 7 heteroatoms. The minimum Gasteiger partial charge on any atom is -0.352 e. The van der Waals surface area contributed by atoms with E-state index in [4.69, 9.17) is 11.6 Å². The Hall–Kier alpha value is -1.27. The van der Waals surface area contributed by atoms with E-state index in [-0.39, 0.29) is 16.7 Å². The van der Waals surface area contributed by atoms with Crippen molar-refractivity contribution in [3.63, 3.8) is 0 Å². The second-order valence-electron chi connectivity index (χ2n) is 5.72. The van der Waals surface area contributed by atoms with Gasteiger partial charge in [0.25, 0.3) is 5.91 Å². The molecular weight excluding hydrogens is 336 g/mol. The quantitative estimate of drug-likeness (QED) is 0.794. The summed E-state index contributed by atoms with van der Waals surface area (Å²) in [7, 11) is -3.27. The minimum absolute atomic E-state index is 0.157. The van der Waals surface area contributed by atoms with Gasteiger partial charge in [0.05, 0.1) is 22.0 Å². The molecule has 0 aromatic heterocycles. The summed E-state index contributed by atoms with van der Waals surface area (Å²) in [6, 6.07) is 4.80. The first-order valence-electron chi connectivity index (χ1n) is 8.04. The molecule has 128 valence electrons. The summed E-state index contributed by atoms with van der Waals surface area (Å²) in [6.45, 7) is 3.18. The van der Waals surface area contributed by atoms with Crippen molar-refractivity contribution in [3.05, 3.63) is 28.8 Å². The molecule has 23 heavy (non-hydrogen) atoms. The maximum atomic E-state index is 12.1. The van der Waals surface area contributed by atoms with Gasteiger partial charge in [-0.15, -0.1) is 0 Å². The van der Waals surface area contributed by atoms with Crippen molar-refractivity contribution in [2.24, 2.45) is 0 Å². The normalized spacial score (nSPS) is 17.0. The van der Waals surface area contributed by atoms with Crippen LogP contribution >= 0.6 is 11.6 Å². The van der Waals surface area contributed by atoms with Gasteiger partial charge in [-0.2, -0.15) is 0 Å². The minimum atomic E-state index is -3.27. The Bertz CT molecular complexity index is 661. The number of hydrogen-bond donors (Lipinski definition) is 1. The number of halogens is 1. The van der Waals surface area contributed by atoms with Gasteiger partial charge in [-0.3, -0.25) is 9.10 Å². The Balaban J connectivity index is 2.10. The van der Waals surface area contributed by atoms with Crippen LogP contribution in [0.2, 0.25) is 5.02 Å². The van der Waals surface area contributed by atoms with Gasteiger partial charge in [-0.25, -0.2) is 8.42 Å². The number of sulfonamides is 1. The van der Waals surface area contributed by atoms with E-state index in [2.05, 4.69) is 12.2 Å². The number of carbonyl (C=O) groups is 1. The highest BCUT2D eigenvalue weighted by molar-refractivity contribution is 7.92. The van der Waals surface area contributed by atoms with Crippen molar-refractivity contribution >= 4 is 33.2 Å². The Morgan fingerprint density at radius 2 is 2.09 bits per heavy atom. The molecule has 2 rings (SSSR count). The molecule has 1 saturated heterocycles. The van der Waals surface area contributed by atoms with Crippen LogP contribution in [0.5, 0.6) is 0 Å². The molecule has 1 fully saturated rings. The van der Waals surface area contributed by atoms with Crippen LogP contribution in [0.4, 0.5) is 5.69 Å². The van der Waals surface area contributed by atoms with Crippen molar-refractivity contribution < 1.29 is 13.2 Å². The van der Waals surface area contributed by atoms with Crippen molar-refractivity contribution in [2.75, 3.05) is 23.1 Å². The van der Waals surface area contributed by atoms with Gasteiger partial charge in [0.1, 0.15) is 0 Å². The summed E-state index contributed by atoms with van der Waals surface area (Å²) in [5, 5.41) is 3.11. The van der Waals surface area contributed by atoms with Crippen LogP contribution in [-0.4, -0.2) is 33.2 Å². The van der Waals surface area contributed by atoms with Gasteiger partial charge in [0, 0.05) is 13.1 Å². The van der Waals surface area contributed by atoms with Gasteiger partial charge >= 0.3 is 0 Å². The first-order valence-corrected chi connectivity index (χ1v) is 10.0. The van der Waals surface area contributed by atoms with E-state index >= 15 is 0 Å². The van der Waals surface area contributed by atoms with Gasteiger partial charge in [0.2, 0.25) is 10.0 Å². The zero-order chi connectivity index (χ0) is 16.9. The molecule has 1 aromatic rings. The highest BCUT2D eigenvalue weighted by Crippen LogP contribution is 2.28. The van der Waals surface area contributed by atoms with Crippen LogP contribution in [0.25, 0.3) is 0 Å². The van der Waals surface area contributed by atoms with E-state index in [9.17, 15) is 13.2 Å². The fourth-order valence-electron chi connectivity index (χ4n) is 2.59. The molecule has 0 saturated carbocycles. The first-order chi connectivity index (χ1) is 11.0. The van der Waals surface area contributed by atoms with E-state index in [0.717, 1.165) is 25.7 Å². The molecule has 1 amide bonds. The summed E-state index contributed by atoms with van der Waals surface area (Å²) in [4.78, 5) is 12.1. The smallest absolute Gasteiger partial charge is 0.252 e. The molecule has 0 aliphatic carbocycles. The van der Waals surface area contributed by atoms with Gasteiger partial charge < -0.3 is 5.32 Å². The fourth-order valence-corrected chi connectivity index (χ4v) is 4.49. The standard InChI is InChI=1S/C16H23ClN2O3S/c1-2-3-4-9-18-16(20)14-8-7-13(12-15(14)17)19-10-5-6-11-23(19,21)22/h7-8,12H,2-6,9-11H2,1H3,(H,18,20). The monoisotopic (exact) mass is 358 g/mol. The lowest BCUT2D eigenvalue weighted by molar-refractivity contribution is 0.0953. The van der Waals surface area contributed by atoms with Crippen molar-refractivity contribution in [3.8, 4) is 0 Å². The van der Waals surface area contributed by atoms with Crippen LogP contribution in [0, 0.1) is 0 Å². The predicted octanol–water partition coefficient (Wildman–Crippen LogP) is 3.19. The van der Waals surface area contributed by atoms with E-state index in [1.807, 2.05) is 0 Å². The Morgan fingerprint density at radius 3 is 2.74 bits per heavy atom. The average Bonchev–Trinajstić information content (AvgIpc) is 2.51. The molecule has 1 heterocycles. The van der Waals surface area contributed by atoms with E-state index in [0.29, 0.717) is 30.8 Å². The summed E-state index contributed by atoms with van der Waals surface area (Å²) in [6.07, 6.45) is 4.61. The maximum absolute atomic E-state index is 12.1. The fraction of sp³-hybridized carbons (Fsp3) is 0.562. The number of nitrogens with one attached hydrogen (secondary N) is 1. The number of rotatable bonds is 6. The summed E-state index contributed by atoms with van der Waals surface area (Å²) >= 11 is 6.19. The Morgan fingerprint density at radius 1 is 1.30 bits per heavy atom. The highest BCUT2D eigenvalue weighted by atomic mass is 35.5. The SMILES string of the molecule is CCCCCNC(=O)c1ccc(N2CCCCS2(=O)=O)cc1Cl. The summed E-state index contributed by atoms with van der Waals surface area (Å²) in [5.74, 6) is -0.0660. The van der Waals surface area contributed by atoms with Crippen molar-refractivity contribution in [1.29, 1.82) is 0 Å². The number of nitrogens with zero attached hydrogens (tertiary/aromatic N) is 1. The predicted molar refractivity (Wildman–Crippen MR) is 93.7 cm³/mol. The maximum Gasteiger partial charge on any atom is 0.252 e. The Labute approximate surface area is 143 Å². The highest BCUT2D eigenvalue weighted by Gasteiger charge is 2.26. The molecule has 0 spiro atoms. The van der Waals surface area contributed by atoms with Gasteiger partial charge in [-0.05, 0) is 37.5 Å². The zero-order valence-corrected chi connectivity index (χ0v) is 14.9. The molecule has 0 radical (unpaired) electrons. The number of anilines is 1. The van der Waals surface area contributed by atoms with Crippen LogP contribution < -0.4 is 9.62 Å². The molecular formula is C16H23ClN2O3S. The number of unbranched alkanes of at least 4 members (excludes halogenated alkanes) is 2. The van der Waals surface area contributed by atoms with E-state index < -0.39 is 10.0 Å². The van der Waals surface area contributed by atoms with Crippen molar-refractivity contribution in [2.45, 2.75) is 39.0 Å². The molecule has 0 unspecified atom stereocenters. The number of benzene rings is 1. The topological polar surface area (TPSA) is 66.5 Å². The first kappa shape index (κ1) is 18.1. The van der Waals surface area contributed by atoms with Crippen LogP contribution in [-0.2, 0) is 10.0 Å². The Kier molecular flexibility index (Phi) is 6.30. The molecule has 1 N–H and O–H groups in total. The third kappa shape index (κ3) is 4.61. The lowest BCUT2D eigenvalue weighted by Crippen LogP contribution is -2.37. The zero-order valence-electron chi connectivity index (χ0n) is 13.3. The lowest BCUT2D eigenvalue weighted by Gasteiger charge is -2.28. The van der Waals surface area contributed by atoms with E-state index in [1.54, 1.807) is 18.2 Å². The van der Waals surface area contributed by atoms with E-state index in [1.165, 1.54) is 4.31 Å². The second kappa shape index (κ2) is 8.02. The van der Waals surface area contributed by atoms with Crippen LogP contribution in [0.3, 0.4) is 0 Å². The lowest BCUT2D eigenvalue weighted by atomic mass is 10.1. The van der Waals surface area contributed by atoms with Crippen molar-refractivity contribution in [1.82, 2.24) is 5.32 Å². The number of hydrogen-bond acceptors (Lipinski definition) is 3. The molecule has 1 aliphatic rings. The van der Waals surface area contributed by atoms with Gasteiger partial charge in [0.15, 0.2) is 0 Å². The molecule has 0 atom stereocenters. The third-order valence-electron chi connectivity index (χ3n) is 3.90. The average molecular weight is 359 g/mol. The number of amides is 1. The molecule has 0 bridgehead atoms. The van der Waals surface area contributed by atoms with Gasteiger partial charge in [-0.1, -0.05) is 31.4 Å². The molecule has 1 aromatic carbocycles. The van der Waals surface area contributed by atoms with Crippen LogP contribution in [0.15, 0.2) is 18.2 Å². The molecule has 5 nitrogen and oxygen atoms in total. The molecule has 1 aliphatic heterocycles. The number of carbonyl (C=O) groups excluding carboxylic acids is 1. The third-order valence-corrected chi connectivity index (χ3v) is 6.08. The van der Waals surface area contributed by atoms with Crippen LogP contribution in [0.1, 0.15) is 49.4 Å². The largest absolute Gasteiger partial charge is 0.352 e. The summed E-state index contributed by atoms with van der Waals surface area (Å²) < 4.78 is 25.6.